The van der Waals surface area contributed by atoms with Gasteiger partial charge in [0.15, 0.2) is 0 Å². The van der Waals surface area contributed by atoms with Crippen LogP contribution in [0.3, 0.4) is 0 Å². The van der Waals surface area contributed by atoms with E-state index in [9.17, 15) is 13.2 Å². The van der Waals surface area contributed by atoms with Crippen molar-refractivity contribution in [3.63, 3.8) is 0 Å². The van der Waals surface area contributed by atoms with Gasteiger partial charge in [0.05, 0.1) is 4.90 Å². The molecule has 0 aliphatic carbocycles. The van der Waals surface area contributed by atoms with E-state index in [-0.39, 0.29) is 5.91 Å². The minimum absolute atomic E-state index is 0.0125. The lowest BCUT2D eigenvalue weighted by molar-refractivity contribution is 0.0827. The summed E-state index contributed by atoms with van der Waals surface area (Å²) in [7, 11) is 0.0391. The second kappa shape index (κ2) is 8.43. The molecule has 1 amide bonds. The molecule has 2 aromatic carbocycles. The number of benzene rings is 2. The summed E-state index contributed by atoms with van der Waals surface area (Å²) < 4.78 is 27.1. The van der Waals surface area contributed by atoms with E-state index >= 15 is 0 Å². The van der Waals surface area contributed by atoms with Crippen LogP contribution in [-0.4, -0.2) is 68.7 Å². The lowest BCUT2D eigenvalue weighted by Crippen LogP contribution is -2.48. The molecule has 2 aromatic rings. The van der Waals surface area contributed by atoms with E-state index in [0.29, 0.717) is 36.6 Å². The molecule has 0 bridgehead atoms. The summed E-state index contributed by atoms with van der Waals surface area (Å²) in [5.74, 6) is -0.0125. The lowest BCUT2D eigenvalue weighted by Gasteiger charge is -2.34. The Balaban J connectivity index is 1.58. The molecule has 7 heteroatoms. The topological polar surface area (TPSA) is 60.9 Å². The van der Waals surface area contributed by atoms with Crippen molar-refractivity contribution in [3.8, 4) is 0 Å². The van der Waals surface area contributed by atoms with E-state index in [1.54, 1.807) is 35.4 Å². The lowest BCUT2D eigenvalue weighted by atomic mass is 10.1. The molecule has 0 saturated carbocycles. The highest BCUT2D eigenvalue weighted by Crippen LogP contribution is 2.19. The third-order valence-corrected chi connectivity index (χ3v) is 6.92. The number of piperazine rings is 1. The zero-order valence-electron chi connectivity index (χ0n) is 16.6. The van der Waals surface area contributed by atoms with Gasteiger partial charge in [-0.2, -0.15) is 4.31 Å². The van der Waals surface area contributed by atoms with Crippen molar-refractivity contribution in [1.29, 1.82) is 0 Å². The molecule has 0 radical (unpaired) electrons. The summed E-state index contributed by atoms with van der Waals surface area (Å²) in [6.45, 7) is 5.01. The molecule has 1 aliphatic rings. The van der Waals surface area contributed by atoms with Crippen LogP contribution in [0.5, 0.6) is 0 Å². The van der Waals surface area contributed by atoms with Crippen molar-refractivity contribution < 1.29 is 13.2 Å². The molecule has 1 heterocycles. The van der Waals surface area contributed by atoms with Crippen LogP contribution in [0.1, 0.15) is 21.5 Å². The third kappa shape index (κ3) is 4.60. The van der Waals surface area contributed by atoms with E-state index in [4.69, 9.17) is 0 Å². The zero-order chi connectivity index (χ0) is 20.3. The predicted molar refractivity (Wildman–Crippen MR) is 110 cm³/mol. The number of sulfonamides is 1. The number of hydrogen-bond acceptors (Lipinski definition) is 4. The van der Waals surface area contributed by atoms with E-state index in [1.807, 2.05) is 43.3 Å². The zero-order valence-corrected chi connectivity index (χ0v) is 17.4. The molecule has 0 aromatic heterocycles. The Morgan fingerprint density at radius 1 is 0.929 bits per heavy atom. The Kier molecular flexibility index (Phi) is 6.17. The van der Waals surface area contributed by atoms with E-state index < -0.39 is 10.0 Å². The standard InChI is InChI=1S/C21H27N3O3S/c1-17-4-10-20(11-5-17)28(26,27)24-14-12-23(13-15-24)16-18-6-8-19(9-7-18)21(25)22(2)3/h4-11H,12-16H2,1-3H3. The number of nitrogens with zero attached hydrogens (tertiary/aromatic N) is 3. The van der Waals surface area contributed by atoms with E-state index in [2.05, 4.69) is 4.90 Å². The average Bonchev–Trinajstić information content (AvgIpc) is 2.69. The quantitative estimate of drug-likeness (QED) is 0.771. The van der Waals surface area contributed by atoms with Crippen LogP contribution in [0.25, 0.3) is 0 Å². The first kappa shape index (κ1) is 20.5. The van der Waals surface area contributed by atoms with Gasteiger partial charge in [0, 0.05) is 52.4 Å². The summed E-state index contributed by atoms with van der Waals surface area (Å²) >= 11 is 0. The van der Waals surface area contributed by atoms with E-state index in [0.717, 1.165) is 17.7 Å². The van der Waals surface area contributed by atoms with Crippen LogP contribution >= 0.6 is 0 Å². The maximum absolute atomic E-state index is 12.8. The predicted octanol–water partition coefficient (Wildman–Crippen LogP) is 2.20. The summed E-state index contributed by atoms with van der Waals surface area (Å²) in [6.07, 6.45) is 0. The highest BCUT2D eigenvalue weighted by Gasteiger charge is 2.28. The number of carbonyl (C=O) groups excluding carboxylic acids is 1. The van der Waals surface area contributed by atoms with Gasteiger partial charge < -0.3 is 4.90 Å². The average molecular weight is 402 g/mol. The highest BCUT2D eigenvalue weighted by atomic mass is 32.2. The number of rotatable bonds is 5. The molecule has 0 atom stereocenters. The minimum Gasteiger partial charge on any atom is -0.345 e. The minimum atomic E-state index is -3.43. The van der Waals surface area contributed by atoms with Gasteiger partial charge in [0.2, 0.25) is 10.0 Å². The summed E-state index contributed by atoms with van der Waals surface area (Å²) in [5.41, 5.74) is 2.83. The molecule has 150 valence electrons. The van der Waals surface area contributed by atoms with E-state index in [1.165, 1.54) is 0 Å². The van der Waals surface area contributed by atoms with Gasteiger partial charge in [-0.25, -0.2) is 8.42 Å². The smallest absolute Gasteiger partial charge is 0.253 e. The summed E-state index contributed by atoms with van der Waals surface area (Å²) in [4.78, 5) is 16.1. The number of hydrogen-bond donors (Lipinski definition) is 0. The third-order valence-electron chi connectivity index (χ3n) is 5.00. The van der Waals surface area contributed by atoms with Crippen molar-refractivity contribution in [1.82, 2.24) is 14.1 Å². The second-order valence-electron chi connectivity index (χ2n) is 7.39. The van der Waals surface area contributed by atoms with Gasteiger partial charge in [-0.3, -0.25) is 9.69 Å². The van der Waals surface area contributed by atoms with Gasteiger partial charge in [-0.1, -0.05) is 29.8 Å². The van der Waals surface area contributed by atoms with Gasteiger partial charge in [0.25, 0.3) is 5.91 Å². The van der Waals surface area contributed by atoms with Crippen LogP contribution in [-0.2, 0) is 16.6 Å². The largest absolute Gasteiger partial charge is 0.345 e. The maximum atomic E-state index is 12.8. The number of aryl methyl sites for hydroxylation is 1. The van der Waals surface area contributed by atoms with Gasteiger partial charge >= 0.3 is 0 Å². The van der Waals surface area contributed by atoms with Crippen LogP contribution in [0.15, 0.2) is 53.4 Å². The molecule has 1 fully saturated rings. The summed E-state index contributed by atoms with van der Waals surface area (Å²) in [5, 5.41) is 0. The second-order valence-corrected chi connectivity index (χ2v) is 9.33. The molecular weight excluding hydrogens is 374 g/mol. The number of carbonyl (C=O) groups is 1. The first-order chi connectivity index (χ1) is 13.3. The number of amides is 1. The molecule has 0 unspecified atom stereocenters. The Bertz CT molecular complexity index is 914. The Morgan fingerprint density at radius 2 is 1.50 bits per heavy atom. The molecule has 0 N–H and O–H groups in total. The first-order valence-electron chi connectivity index (χ1n) is 9.37. The molecule has 1 saturated heterocycles. The molecule has 6 nitrogen and oxygen atoms in total. The molecule has 1 aliphatic heterocycles. The van der Waals surface area contributed by atoms with Crippen molar-refractivity contribution in [2.45, 2.75) is 18.4 Å². The van der Waals surface area contributed by atoms with Crippen LogP contribution in [0.4, 0.5) is 0 Å². The Morgan fingerprint density at radius 3 is 2.04 bits per heavy atom. The van der Waals surface area contributed by atoms with Gasteiger partial charge in [-0.05, 0) is 36.8 Å². The SMILES string of the molecule is Cc1ccc(S(=O)(=O)N2CCN(Cc3ccc(C(=O)N(C)C)cc3)CC2)cc1. The Labute approximate surface area is 167 Å². The molecule has 28 heavy (non-hydrogen) atoms. The molecular formula is C21H27N3O3S. The monoisotopic (exact) mass is 401 g/mol. The fourth-order valence-corrected chi connectivity index (χ4v) is 4.68. The van der Waals surface area contributed by atoms with Crippen molar-refractivity contribution in [2.75, 3.05) is 40.3 Å². The van der Waals surface area contributed by atoms with Crippen molar-refractivity contribution in [3.05, 3.63) is 65.2 Å². The highest BCUT2D eigenvalue weighted by molar-refractivity contribution is 7.89. The molecule has 0 spiro atoms. The van der Waals surface area contributed by atoms with Crippen molar-refractivity contribution in [2.24, 2.45) is 0 Å². The maximum Gasteiger partial charge on any atom is 0.253 e. The van der Waals surface area contributed by atoms with Gasteiger partial charge in [-0.15, -0.1) is 0 Å². The van der Waals surface area contributed by atoms with Crippen molar-refractivity contribution >= 4 is 15.9 Å². The normalized spacial score (nSPS) is 16.1. The first-order valence-corrected chi connectivity index (χ1v) is 10.8. The van der Waals surface area contributed by atoms with Crippen LogP contribution in [0.2, 0.25) is 0 Å². The Hall–Kier alpha value is -2.22. The molecule has 3 rings (SSSR count). The van der Waals surface area contributed by atoms with Crippen LogP contribution in [0, 0.1) is 6.92 Å². The summed E-state index contributed by atoms with van der Waals surface area (Å²) in [6, 6.07) is 14.6. The fourth-order valence-electron chi connectivity index (χ4n) is 3.26. The van der Waals surface area contributed by atoms with Gasteiger partial charge in [0.1, 0.15) is 0 Å². The van der Waals surface area contributed by atoms with Crippen LogP contribution < -0.4 is 0 Å². The fraction of sp³-hybridized carbons (Fsp3) is 0.381.